The molecule has 0 atom stereocenters. The zero-order valence-corrected chi connectivity index (χ0v) is 17.9. The first-order valence-corrected chi connectivity index (χ1v) is 11.1. The second-order valence-electron chi connectivity index (χ2n) is 8.24. The van der Waals surface area contributed by atoms with Gasteiger partial charge in [-0.2, -0.15) is 0 Å². The lowest BCUT2D eigenvalue weighted by atomic mass is 10.1. The Hall–Kier alpha value is -2.33. The molecule has 29 heavy (non-hydrogen) atoms. The van der Waals surface area contributed by atoms with Crippen molar-refractivity contribution in [2.45, 2.75) is 52.5 Å². The van der Waals surface area contributed by atoms with E-state index in [4.69, 9.17) is 9.72 Å². The molecule has 1 aromatic heterocycles. The first-order valence-electron chi connectivity index (χ1n) is 11.1. The minimum Gasteiger partial charge on any atom is -0.493 e. The molecule has 0 spiro atoms. The molecule has 4 nitrogen and oxygen atoms in total. The Kier molecular flexibility index (Phi) is 6.50. The standard InChI is InChI=1S/C25H33N3O/c1-20-10-7-11-21(2)25(20)29-19-9-18-28-23-13-4-3-12-22(23)26-24(28)14-8-17-27-15-5-6-16-27/h3-4,7,10-13H,5-6,8-9,14-19H2,1-2H3. The van der Waals surface area contributed by atoms with Crippen LogP contribution in [0, 0.1) is 13.8 Å². The molecule has 0 unspecified atom stereocenters. The predicted octanol–water partition coefficient (Wildman–Crippen LogP) is 5.15. The molecular formula is C25H33N3O. The number of para-hydroxylation sites is 3. The van der Waals surface area contributed by atoms with E-state index < -0.39 is 0 Å². The number of rotatable bonds is 9. The van der Waals surface area contributed by atoms with Crippen molar-refractivity contribution in [1.29, 1.82) is 0 Å². The Morgan fingerprint density at radius 3 is 2.45 bits per heavy atom. The highest BCUT2D eigenvalue weighted by Crippen LogP contribution is 2.23. The molecule has 4 rings (SSSR count). The van der Waals surface area contributed by atoms with Gasteiger partial charge in [0, 0.05) is 13.0 Å². The Labute approximate surface area is 174 Å². The average molecular weight is 392 g/mol. The van der Waals surface area contributed by atoms with Gasteiger partial charge in [0.25, 0.3) is 0 Å². The van der Waals surface area contributed by atoms with Crippen LogP contribution in [0.2, 0.25) is 0 Å². The Bertz CT molecular complexity index is 920. The maximum Gasteiger partial charge on any atom is 0.125 e. The number of aryl methyl sites for hydroxylation is 4. The Morgan fingerprint density at radius 1 is 0.897 bits per heavy atom. The molecule has 0 radical (unpaired) electrons. The third-order valence-corrected chi connectivity index (χ3v) is 5.99. The molecule has 1 fully saturated rings. The first kappa shape index (κ1) is 20.0. The number of ether oxygens (including phenoxy) is 1. The van der Waals surface area contributed by atoms with E-state index in [1.807, 2.05) is 0 Å². The number of imidazole rings is 1. The first-order chi connectivity index (χ1) is 14.2. The highest BCUT2D eigenvalue weighted by atomic mass is 16.5. The topological polar surface area (TPSA) is 30.3 Å². The van der Waals surface area contributed by atoms with Crippen LogP contribution in [0.25, 0.3) is 11.0 Å². The molecule has 0 amide bonds. The lowest BCUT2D eigenvalue weighted by Gasteiger charge is -2.15. The van der Waals surface area contributed by atoms with E-state index in [0.29, 0.717) is 0 Å². The molecule has 0 aliphatic carbocycles. The van der Waals surface area contributed by atoms with E-state index in [1.54, 1.807) is 0 Å². The summed E-state index contributed by atoms with van der Waals surface area (Å²) in [6, 6.07) is 14.8. The van der Waals surface area contributed by atoms with E-state index >= 15 is 0 Å². The van der Waals surface area contributed by atoms with Crippen molar-refractivity contribution >= 4 is 11.0 Å². The average Bonchev–Trinajstić information content (AvgIpc) is 3.35. The summed E-state index contributed by atoms with van der Waals surface area (Å²) >= 11 is 0. The van der Waals surface area contributed by atoms with Crippen LogP contribution in [0.4, 0.5) is 0 Å². The van der Waals surface area contributed by atoms with Crippen LogP contribution in [0.3, 0.4) is 0 Å². The van der Waals surface area contributed by atoms with Gasteiger partial charge in [0.05, 0.1) is 17.6 Å². The molecule has 2 aromatic carbocycles. The molecular weight excluding hydrogens is 358 g/mol. The van der Waals surface area contributed by atoms with E-state index in [1.165, 1.54) is 61.4 Å². The van der Waals surface area contributed by atoms with Crippen molar-refractivity contribution in [2.24, 2.45) is 0 Å². The number of likely N-dealkylation sites (tertiary alicyclic amines) is 1. The monoisotopic (exact) mass is 391 g/mol. The molecule has 154 valence electrons. The number of fused-ring (bicyclic) bond motifs is 1. The van der Waals surface area contributed by atoms with Gasteiger partial charge in [-0.1, -0.05) is 30.3 Å². The summed E-state index contributed by atoms with van der Waals surface area (Å²) < 4.78 is 8.54. The summed E-state index contributed by atoms with van der Waals surface area (Å²) in [5.74, 6) is 2.26. The van der Waals surface area contributed by atoms with Crippen LogP contribution in [-0.4, -0.2) is 40.7 Å². The molecule has 3 aromatic rings. The Balaban J connectivity index is 1.38. The fourth-order valence-corrected chi connectivity index (χ4v) is 4.46. The minimum absolute atomic E-state index is 0.728. The normalized spacial score (nSPS) is 14.7. The van der Waals surface area contributed by atoms with Gasteiger partial charge in [0.2, 0.25) is 0 Å². The van der Waals surface area contributed by atoms with Gasteiger partial charge in [-0.05, 0) is 82.4 Å². The highest BCUT2D eigenvalue weighted by Gasteiger charge is 2.14. The zero-order valence-electron chi connectivity index (χ0n) is 17.9. The number of aromatic nitrogens is 2. The zero-order chi connectivity index (χ0) is 20.1. The summed E-state index contributed by atoms with van der Waals surface area (Å²) in [4.78, 5) is 7.53. The third kappa shape index (κ3) is 4.81. The van der Waals surface area contributed by atoms with Crippen molar-refractivity contribution in [3.05, 3.63) is 59.4 Å². The minimum atomic E-state index is 0.728. The second-order valence-corrected chi connectivity index (χ2v) is 8.24. The molecule has 0 saturated carbocycles. The van der Waals surface area contributed by atoms with Crippen LogP contribution in [-0.2, 0) is 13.0 Å². The van der Waals surface area contributed by atoms with Gasteiger partial charge in [-0.3, -0.25) is 0 Å². The van der Waals surface area contributed by atoms with Crippen LogP contribution in [0.15, 0.2) is 42.5 Å². The lowest BCUT2D eigenvalue weighted by Crippen LogP contribution is -2.21. The van der Waals surface area contributed by atoms with Crippen molar-refractivity contribution in [2.75, 3.05) is 26.2 Å². The smallest absolute Gasteiger partial charge is 0.125 e. The second kappa shape index (κ2) is 9.45. The largest absolute Gasteiger partial charge is 0.493 e. The quantitative estimate of drug-likeness (QED) is 0.473. The van der Waals surface area contributed by atoms with E-state index in [0.717, 1.165) is 37.3 Å². The van der Waals surface area contributed by atoms with Gasteiger partial charge in [0.1, 0.15) is 11.6 Å². The van der Waals surface area contributed by atoms with Crippen LogP contribution < -0.4 is 4.74 Å². The van der Waals surface area contributed by atoms with Gasteiger partial charge in [-0.25, -0.2) is 4.98 Å². The van der Waals surface area contributed by atoms with Gasteiger partial charge in [0.15, 0.2) is 0 Å². The number of hydrogen-bond acceptors (Lipinski definition) is 3. The lowest BCUT2D eigenvalue weighted by molar-refractivity contribution is 0.297. The van der Waals surface area contributed by atoms with Crippen molar-refractivity contribution in [3.8, 4) is 5.75 Å². The third-order valence-electron chi connectivity index (χ3n) is 5.99. The maximum absolute atomic E-state index is 6.13. The fraction of sp³-hybridized carbons (Fsp3) is 0.480. The van der Waals surface area contributed by atoms with E-state index in [-0.39, 0.29) is 0 Å². The molecule has 0 N–H and O–H groups in total. The molecule has 2 heterocycles. The van der Waals surface area contributed by atoms with Crippen LogP contribution >= 0.6 is 0 Å². The number of hydrogen-bond donors (Lipinski definition) is 0. The van der Waals surface area contributed by atoms with Gasteiger partial charge in [-0.15, -0.1) is 0 Å². The molecule has 4 heteroatoms. The maximum atomic E-state index is 6.13. The summed E-state index contributed by atoms with van der Waals surface area (Å²) in [6.45, 7) is 9.64. The van der Waals surface area contributed by atoms with Gasteiger partial charge < -0.3 is 14.2 Å². The summed E-state index contributed by atoms with van der Waals surface area (Å²) in [7, 11) is 0. The highest BCUT2D eigenvalue weighted by molar-refractivity contribution is 5.75. The number of benzene rings is 2. The van der Waals surface area contributed by atoms with Crippen molar-refractivity contribution in [1.82, 2.24) is 14.5 Å². The van der Waals surface area contributed by atoms with Crippen LogP contribution in [0.5, 0.6) is 5.75 Å². The van der Waals surface area contributed by atoms with E-state index in [2.05, 4.69) is 65.8 Å². The fourth-order valence-electron chi connectivity index (χ4n) is 4.46. The van der Waals surface area contributed by atoms with Crippen LogP contribution in [0.1, 0.15) is 42.6 Å². The molecule has 1 saturated heterocycles. The Morgan fingerprint density at radius 2 is 1.66 bits per heavy atom. The predicted molar refractivity (Wildman–Crippen MR) is 120 cm³/mol. The van der Waals surface area contributed by atoms with Crippen molar-refractivity contribution in [3.63, 3.8) is 0 Å². The SMILES string of the molecule is Cc1cccc(C)c1OCCCn1c(CCCN2CCCC2)nc2ccccc21. The summed E-state index contributed by atoms with van der Waals surface area (Å²) in [6.07, 6.45) is 5.93. The van der Waals surface area contributed by atoms with Gasteiger partial charge >= 0.3 is 0 Å². The number of nitrogens with zero attached hydrogens (tertiary/aromatic N) is 3. The van der Waals surface area contributed by atoms with E-state index in [9.17, 15) is 0 Å². The molecule has 1 aliphatic rings. The molecule has 1 aliphatic heterocycles. The summed E-state index contributed by atoms with van der Waals surface area (Å²) in [5, 5.41) is 0. The summed E-state index contributed by atoms with van der Waals surface area (Å²) in [5.41, 5.74) is 4.77. The van der Waals surface area contributed by atoms with Crippen molar-refractivity contribution < 1.29 is 4.74 Å². The molecule has 0 bridgehead atoms.